The molecular weight excluding hydrogens is 217 g/mol. The van der Waals surface area contributed by atoms with E-state index < -0.39 is 0 Å². The number of benzene rings is 1. The van der Waals surface area contributed by atoms with Gasteiger partial charge in [0.15, 0.2) is 0 Å². The van der Waals surface area contributed by atoms with Gasteiger partial charge in [-0.25, -0.2) is 4.39 Å². The van der Waals surface area contributed by atoms with Gasteiger partial charge in [-0.15, -0.1) is 0 Å². The standard InChI is InChI=1S/C14H22FNO/c1-11(2)14(10-17-3)16-9-8-12-4-6-13(15)7-5-12/h4-7,11,14,16H,8-10H2,1-3H3. The highest BCUT2D eigenvalue weighted by atomic mass is 19.1. The second kappa shape index (κ2) is 7.41. The van der Waals surface area contributed by atoms with Crippen LogP contribution in [0.25, 0.3) is 0 Å². The molecule has 1 N–H and O–H groups in total. The van der Waals surface area contributed by atoms with Crippen molar-refractivity contribution in [1.82, 2.24) is 5.32 Å². The highest BCUT2D eigenvalue weighted by molar-refractivity contribution is 5.16. The Hall–Kier alpha value is -0.930. The molecule has 0 fully saturated rings. The zero-order chi connectivity index (χ0) is 12.7. The molecule has 0 radical (unpaired) electrons. The largest absolute Gasteiger partial charge is 0.383 e. The second-order valence-corrected chi connectivity index (χ2v) is 4.64. The first-order chi connectivity index (χ1) is 8.13. The number of rotatable bonds is 7. The molecule has 1 atom stereocenters. The lowest BCUT2D eigenvalue weighted by Crippen LogP contribution is -2.38. The first-order valence-electron chi connectivity index (χ1n) is 6.10. The summed E-state index contributed by atoms with van der Waals surface area (Å²) in [5.74, 6) is 0.365. The van der Waals surface area contributed by atoms with Crippen LogP contribution in [0.5, 0.6) is 0 Å². The molecule has 0 spiro atoms. The van der Waals surface area contributed by atoms with Crippen molar-refractivity contribution in [3.05, 3.63) is 35.6 Å². The van der Waals surface area contributed by atoms with Crippen LogP contribution >= 0.6 is 0 Å². The lowest BCUT2D eigenvalue weighted by molar-refractivity contribution is 0.147. The van der Waals surface area contributed by atoms with E-state index in [1.807, 2.05) is 12.1 Å². The van der Waals surface area contributed by atoms with Gasteiger partial charge >= 0.3 is 0 Å². The molecule has 0 amide bonds. The van der Waals surface area contributed by atoms with E-state index in [1.165, 1.54) is 12.1 Å². The summed E-state index contributed by atoms with van der Waals surface area (Å²) in [5, 5.41) is 3.46. The van der Waals surface area contributed by atoms with E-state index in [0.29, 0.717) is 12.0 Å². The minimum atomic E-state index is -0.179. The Labute approximate surface area is 103 Å². The van der Waals surface area contributed by atoms with E-state index in [2.05, 4.69) is 19.2 Å². The number of hydrogen-bond acceptors (Lipinski definition) is 2. The number of ether oxygens (including phenoxy) is 1. The Balaban J connectivity index is 2.33. The molecule has 0 aliphatic carbocycles. The smallest absolute Gasteiger partial charge is 0.123 e. The molecule has 0 saturated heterocycles. The van der Waals surface area contributed by atoms with Crippen LogP contribution in [0.4, 0.5) is 4.39 Å². The maximum absolute atomic E-state index is 12.7. The Kier molecular flexibility index (Phi) is 6.16. The first kappa shape index (κ1) is 14.1. The van der Waals surface area contributed by atoms with Crippen molar-refractivity contribution in [2.24, 2.45) is 5.92 Å². The third-order valence-corrected chi connectivity index (χ3v) is 2.88. The predicted molar refractivity (Wildman–Crippen MR) is 68.6 cm³/mol. The zero-order valence-corrected chi connectivity index (χ0v) is 10.9. The van der Waals surface area contributed by atoms with Gasteiger partial charge in [0, 0.05) is 13.2 Å². The summed E-state index contributed by atoms with van der Waals surface area (Å²) >= 11 is 0. The van der Waals surface area contributed by atoms with Gasteiger partial charge in [-0.1, -0.05) is 26.0 Å². The van der Waals surface area contributed by atoms with Crippen LogP contribution in [-0.2, 0) is 11.2 Å². The molecule has 96 valence electrons. The normalized spacial score (nSPS) is 13.0. The summed E-state index contributed by atoms with van der Waals surface area (Å²) < 4.78 is 17.9. The van der Waals surface area contributed by atoms with Crippen LogP contribution < -0.4 is 5.32 Å². The van der Waals surface area contributed by atoms with E-state index in [9.17, 15) is 4.39 Å². The van der Waals surface area contributed by atoms with Crippen molar-refractivity contribution in [3.63, 3.8) is 0 Å². The molecule has 0 aliphatic rings. The molecule has 17 heavy (non-hydrogen) atoms. The Morgan fingerprint density at radius 3 is 2.41 bits per heavy atom. The van der Waals surface area contributed by atoms with Gasteiger partial charge in [0.1, 0.15) is 5.82 Å². The molecule has 1 unspecified atom stereocenters. The number of hydrogen-bond donors (Lipinski definition) is 1. The van der Waals surface area contributed by atoms with Gasteiger partial charge in [0.2, 0.25) is 0 Å². The van der Waals surface area contributed by atoms with Crippen molar-refractivity contribution in [2.45, 2.75) is 26.3 Å². The maximum atomic E-state index is 12.7. The van der Waals surface area contributed by atoms with Crippen molar-refractivity contribution < 1.29 is 9.13 Å². The van der Waals surface area contributed by atoms with Crippen LogP contribution in [0, 0.1) is 11.7 Å². The fraction of sp³-hybridized carbons (Fsp3) is 0.571. The molecule has 3 heteroatoms. The van der Waals surface area contributed by atoms with Gasteiger partial charge in [-0.2, -0.15) is 0 Å². The van der Waals surface area contributed by atoms with Crippen molar-refractivity contribution in [2.75, 3.05) is 20.3 Å². The van der Waals surface area contributed by atoms with E-state index in [-0.39, 0.29) is 5.82 Å². The van der Waals surface area contributed by atoms with Crippen LogP contribution in [0.15, 0.2) is 24.3 Å². The highest BCUT2D eigenvalue weighted by Gasteiger charge is 2.11. The van der Waals surface area contributed by atoms with Crippen molar-refractivity contribution >= 4 is 0 Å². The monoisotopic (exact) mass is 239 g/mol. The van der Waals surface area contributed by atoms with Crippen molar-refractivity contribution in [1.29, 1.82) is 0 Å². The number of nitrogens with one attached hydrogen (secondary N) is 1. The van der Waals surface area contributed by atoms with Gasteiger partial charge in [0.25, 0.3) is 0 Å². The summed E-state index contributed by atoms with van der Waals surface area (Å²) in [4.78, 5) is 0. The highest BCUT2D eigenvalue weighted by Crippen LogP contribution is 2.05. The van der Waals surface area contributed by atoms with Gasteiger partial charge in [0.05, 0.1) is 6.61 Å². The lowest BCUT2D eigenvalue weighted by atomic mass is 10.0. The van der Waals surface area contributed by atoms with E-state index in [1.54, 1.807) is 7.11 Å². The quantitative estimate of drug-likeness (QED) is 0.789. The van der Waals surface area contributed by atoms with Crippen LogP contribution in [0.2, 0.25) is 0 Å². The molecule has 1 aromatic carbocycles. The van der Waals surface area contributed by atoms with E-state index >= 15 is 0 Å². The SMILES string of the molecule is COCC(NCCc1ccc(F)cc1)C(C)C. The Morgan fingerprint density at radius 2 is 1.88 bits per heavy atom. The minimum absolute atomic E-state index is 0.179. The average molecular weight is 239 g/mol. The van der Waals surface area contributed by atoms with Crippen LogP contribution in [0.1, 0.15) is 19.4 Å². The number of methoxy groups -OCH3 is 1. The summed E-state index contributed by atoms with van der Waals surface area (Å²) in [7, 11) is 1.72. The number of halogens is 1. The molecule has 0 saturated carbocycles. The molecule has 1 aromatic rings. The average Bonchev–Trinajstić information content (AvgIpc) is 2.30. The second-order valence-electron chi connectivity index (χ2n) is 4.64. The lowest BCUT2D eigenvalue weighted by Gasteiger charge is -2.21. The minimum Gasteiger partial charge on any atom is -0.383 e. The third-order valence-electron chi connectivity index (χ3n) is 2.88. The fourth-order valence-electron chi connectivity index (χ4n) is 1.72. The van der Waals surface area contributed by atoms with Gasteiger partial charge in [-0.3, -0.25) is 0 Å². The first-order valence-corrected chi connectivity index (χ1v) is 6.10. The Morgan fingerprint density at radius 1 is 1.24 bits per heavy atom. The van der Waals surface area contributed by atoms with Crippen molar-refractivity contribution in [3.8, 4) is 0 Å². The van der Waals surface area contributed by atoms with Crippen LogP contribution in [-0.4, -0.2) is 26.3 Å². The van der Waals surface area contributed by atoms with Crippen LogP contribution in [0.3, 0.4) is 0 Å². The molecule has 1 rings (SSSR count). The molecule has 2 nitrogen and oxygen atoms in total. The molecule has 0 aromatic heterocycles. The van der Waals surface area contributed by atoms with Gasteiger partial charge < -0.3 is 10.1 Å². The van der Waals surface area contributed by atoms with Gasteiger partial charge in [-0.05, 0) is 36.6 Å². The molecule has 0 heterocycles. The summed E-state index contributed by atoms with van der Waals surface area (Å²) in [6, 6.07) is 7.05. The Bertz CT molecular complexity index is 311. The molecule has 0 aliphatic heterocycles. The summed E-state index contributed by atoms with van der Waals surface area (Å²) in [6.45, 7) is 5.96. The predicted octanol–water partition coefficient (Wildman–Crippen LogP) is 2.63. The summed E-state index contributed by atoms with van der Waals surface area (Å²) in [5.41, 5.74) is 1.15. The molecule has 0 bridgehead atoms. The zero-order valence-electron chi connectivity index (χ0n) is 10.9. The maximum Gasteiger partial charge on any atom is 0.123 e. The fourth-order valence-corrected chi connectivity index (χ4v) is 1.72. The van der Waals surface area contributed by atoms with E-state index in [0.717, 1.165) is 25.1 Å². The summed E-state index contributed by atoms with van der Waals surface area (Å²) in [6.07, 6.45) is 0.910. The topological polar surface area (TPSA) is 21.3 Å². The third kappa shape index (κ3) is 5.29. The molecular formula is C14H22FNO. The van der Waals surface area contributed by atoms with E-state index in [4.69, 9.17) is 4.74 Å².